The maximum absolute atomic E-state index is 5.72. The van der Waals surface area contributed by atoms with Crippen molar-refractivity contribution in [2.24, 2.45) is 0 Å². The van der Waals surface area contributed by atoms with Crippen LogP contribution in [-0.2, 0) is 4.74 Å². The van der Waals surface area contributed by atoms with E-state index in [2.05, 4.69) is 26.1 Å². The van der Waals surface area contributed by atoms with E-state index < -0.39 is 0 Å². The number of rotatable bonds is 9. The van der Waals surface area contributed by atoms with E-state index >= 15 is 0 Å². The molecule has 0 heterocycles. The van der Waals surface area contributed by atoms with Crippen LogP contribution in [0.1, 0.15) is 27.2 Å². The molecular weight excluding hydrogens is 226 g/mol. The lowest BCUT2D eigenvalue weighted by Crippen LogP contribution is -2.30. The van der Waals surface area contributed by atoms with Gasteiger partial charge in [0.25, 0.3) is 0 Å². The molecule has 1 aromatic rings. The van der Waals surface area contributed by atoms with Crippen molar-refractivity contribution in [2.45, 2.75) is 39.3 Å². The lowest BCUT2D eigenvalue weighted by molar-refractivity contribution is 0.0351. The van der Waals surface area contributed by atoms with E-state index in [1.165, 1.54) is 0 Å². The van der Waals surface area contributed by atoms with Crippen molar-refractivity contribution in [1.82, 2.24) is 5.32 Å². The summed E-state index contributed by atoms with van der Waals surface area (Å²) >= 11 is 0. The van der Waals surface area contributed by atoms with Gasteiger partial charge in [0.2, 0.25) is 0 Å². The van der Waals surface area contributed by atoms with Crippen LogP contribution in [0.5, 0.6) is 5.75 Å². The van der Waals surface area contributed by atoms with Gasteiger partial charge in [0.1, 0.15) is 12.4 Å². The molecule has 102 valence electrons. The summed E-state index contributed by atoms with van der Waals surface area (Å²) in [6, 6.07) is 10.3. The third-order valence-corrected chi connectivity index (χ3v) is 2.74. The second kappa shape index (κ2) is 8.95. The van der Waals surface area contributed by atoms with Gasteiger partial charge < -0.3 is 14.8 Å². The third kappa shape index (κ3) is 6.62. The fourth-order valence-corrected chi connectivity index (χ4v) is 1.92. The molecule has 0 aromatic heterocycles. The molecule has 2 atom stereocenters. The summed E-state index contributed by atoms with van der Waals surface area (Å²) in [5.41, 5.74) is 0. The Bertz CT molecular complexity index is 303. The average molecular weight is 251 g/mol. The van der Waals surface area contributed by atoms with Crippen LogP contribution in [0.4, 0.5) is 0 Å². The Balaban J connectivity index is 2.07. The molecule has 0 radical (unpaired) electrons. The SMILES string of the molecule is CCNC(C)CC(C)OCCOc1ccccc1. The second-order valence-corrected chi connectivity index (χ2v) is 4.54. The zero-order valence-corrected chi connectivity index (χ0v) is 11.7. The Morgan fingerprint density at radius 1 is 1.11 bits per heavy atom. The highest BCUT2D eigenvalue weighted by molar-refractivity contribution is 5.20. The molecule has 0 fully saturated rings. The smallest absolute Gasteiger partial charge is 0.119 e. The molecule has 1 N–H and O–H groups in total. The molecule has 1 rings (SSSR count). The number of para-hydroxylation sites is 1. The Kier molecular flexibility index (Phi) is 7.46. The molecular formula is C15H25NO2. The molecule has 18 heavy (non-hydrogen) atoms. The molecule has 1 aromatic carbocycles. The summed E-state index contributed by atoms with van der Waals surface area (Å²) in [5, 5.41) is 3.38. The third-order valence-electron chi connectivity index (χ3n) is 2.74. The maximum atomic E-state index is 5.72. The summed E-state index contributed by atoms with van der Waals surface area (Å²) in [7, 11) is 0. The van der Waals surface area contributed by atoms with Crippen molar-refractivity contribution in [3.05, 3.63) is 30.3 Å². The summed E-state index contributed by atoms with van der Waals surface area (Å²) in [4.78, 5) is 0. The van der Waals surface area contributed by atoms with Crippen LogP contribution in [-0.4, -0.2) is 31.9 Å². The van der Waals surface area contributed by atoms with Crippen LogP contribution in [0, 0.1) is 0 Å². The van der Waals surface area contributed by atoms with Gasteiger partial charge in [-0.2, -0.15) is 0 Å². The standard InChI is InChI=1S/C15H25NO2/c1-4-16-13(2)12-14(3)17-10-11-18-15-8-6-5-7-9-15/h5-9,13-14,16H,4,10-12H2,1-3H3. The summed E-state index contributed by atoms with van der Waals surface area (Å²) in [5.74, 6) is 0.898. The highest BCUT2D eigenvalue weighted by Gasteiger charge is 2.07. The fourth-order valence-electron chi connectivity index (χ4n) is 1.92. The van der Waals surface area contributed by atoms with E-state index in [0.29, 0.717) is 19.3 Å². The molecule has 0 aliphatic rings. The van der Waals surface area contributed by atoms with E-state index in [1.807, 2.05) is 30.3 Å². The Labute approximate surface area is 110 Å². The van der Waals surface area contributed by atoms with Crippen LogP contribution < -0.4 is 10.1 Å². The average Bonchev–Trinajstić information content (AvgIpc) is 2.36. The Morgan fingerprint density at radius 3 is 2.50 bits per heavy atom. The summed E-state index contributed by atoms with van der Waals surface area (Å²) in [6.07, 6.45) is 1.29. The molecule has 0 saturated heterocycles. The molecule has 3 heteroatoms. The summed E-state index contributed by atoms with van der Waals surface area (Å²) in [6.45, 7) is 8.65. The van der Waals surface area contributed by atoms with Crippen molar-refractivity contribution in [3.63, 3.8) is 0 Å². The van der Waals surface area contributed by atoms with E-state index in [4.69, 9.17) is 9.47 Å². The van der Waals surface area contributed by atoms with Gasteiger partial charge in [-0.25, -0.2) is 0 Å². The minimum Gasteiger partial charge on any atom is -0.491 e. The minimum atomic E-state index is 0.262. The first-order valence-electron chi connectivity index (χ1n) is 6.75. The predicted octanol–water partition coefficient (Wildman–Crippen LogP) is 2.86. The number of benzene rings is 1. The fraction of sp³-hybridized carbons (Fsp3) is 0.600. The van der Waals surface area contributed by atoms with Crippen molar-refractivity contribution in [3.8, 4) is 5.75 Å². The lowest BCUT2D eigenvalue weighted by Gasteiger charge is -2.18. The van der Waals surface area contributed by atoms with Gasteiger partial charge in [-0.1, -0.05) is 25.1 Å². The number of hydrogen-bond donors (Lipinski definition) is 1. The van der Waals surface area contributed by atoms with Gasteiger partial charge in [0.05, 0.1) is 12.7 Å². The van der Waals surface area contributed by atoms with Gasteiger partial charge in [0, 0.05) is 6.04 Å². The van der Waals surface area contributed by atoms with Crippen LogP contribution in [0.3, 0.4) is 0 Å². The molecule has 2 unspecified atom stereocenters. The molecule has 0 amide bonds. The van der Waals surface area contributed by atoms with Crippen molar-refractivity contribution < 1.29 is 9.47 Å². The van der Waals surface area contributed by atoms with E-state index in [1.54, 1.807) is 0 Å². The predicted molar refractivity (Wildman–Crippen MR) is 75.1 cm³/mol. The molecule has 0 bridgehead atoms. The molecule has 0 aliphatic carbocycles. The lowest BCUT2D eigenvalue weighted by atomic mass is 10.1. The first kappa shape index (κ1) is 15.0. The van der Waals surface area contributed by atoms with E-state index in [0.717, 1.165) is 18.7 Å². The van der Waals surface area contributed by atoms with Crippen LogP contribution in [0.25, 0.3) is 0 Å². The van der Waals surface area contributed by atoms with E-state index in [-0.39, 0.29) is 6.10 Å². The Morgan fingerprint density at radius 2 is 1.83 bits per heavy atom. The quantitative estimate of drug-likeness (QED) is 0.685. The molecule has 0 spiro atoms. The van der Waals surface area contributed by atoms with Crippen molar-refractivity contribution in [2.75, 3.05) is 19.8 Å². The topological polar surface area (TPSA) is 30.5 Å². The van der Waals surface area contributed by atoms with Gasteiger partial charge in [-0.3, -0.25) is 0 Å². The van der Waals surface area contributed by atoms with E-state index in [9.17, 15) is 0 Å². The number of hydrogen-bond acceptors (Lipinski definition) is 3. The number of nitrogens with one attached hydrogen (secondary N) is 1. The van der Waals surface area contributed by atoms with Crippen LogP contribution >= 0.6 is 0 Å². The Hall–Kier alpha value is -1.06. The maximum Gasteiger partial charge on any atom is 0.119 e. The van der Waals surface area contributed by atoms with Gasteiger partial charge in [0.15, 0.2) is 0 Å². The number of ether oxygens (including phenoxy) is 2. The highest BCUT2D eigenvalue weighted by atomic mass is 16.5. The first-order valence-corrected chi connectivity index (χ1v) is 6.75. The molecule has 3 nitrogen and oxygen atoms in total. The second-order valence-electron chi connectivity index (χ2n) is 4.54. The normalized spacial score (nSPS) is 14.2. The van der Waals surface area contributed by atoms with Gasteiger partial charge in [-0.05, 0) is 38.9 Å². The summed E-state index contributed by atoms with van der Waals surface area (Å²) < 4.78 is 11.3. The van der Waals surface area contributed by atoms with Crippen molar-refractivity contribution >= 4 is 0 Å². The molecule has 0 saturated carbocycles. The largest absolute Gasteiger partial charge is 0.491 e. The van der Waals surface area contributed by atoms with Gasteiger partial charge >= 0.3 is 0 Å². The first-order chi connectivity index (χ1) is 8.72. The van der Waals surface area contributed by atoms with Crippen molar-refractivity contribution in [1.29, 1.82) is 0 Å². The van der Waals surface area contributed by atoms with Crippen LogP contribution in [0.15, 0.2) is 30.3 Å². The minimum absolute atomic E-state index is 0.262. The zero-order chi connectivity index (χ0) is 13.2. The zero-order valence-electron chi connectivity index (χ0n) is 11.7. The molecule has 0 aliphatic heterocycles. The highest BCUT2D eigenvalue weighted by Crippen LogP contribution is 2.08. The van der Waals surface area contributed by atoms with Gasteiger partial charge in [-0.15, -0.1) is 0 Å². The monoisotopic (exact) mass is 251 g/mol. The van der Waals surface area contributed by atoms with Crippen LogP contribution in [0.2, 0.25) is 0 Å².